The van der Waals surface area contributed by atoms with Crippen LogP contribution in [0.1, 0.15) is 46.0 Å². The maximum absolute atomic E-state index is 5.70. The van der Waals surface area contributed by atoms with Gasteiger partial charge in [0.15, 0.2) is 0 Å². The molecule has 0 aromatic rings. The molecule has 1 aliphatic rings. The lowest BCUT2D eigenvalue weighted by Crippen LogP contribution is -2.38. The molecule has 0 atom stereocenters. The van der Waals surface area contributed by atoms with Crippen molar-refractivity contribution in [2.75, 3.05) is 13.6 Å². The van der Waals surface area contributed by atoms with Crippen molar-refractivity contribution in [3.05, 3.63) is 0 Å². The SMILES string of the molecule is CN(CCCC(C)(C)C(N)=S)C1CCC1. The van der Waals surface area contributed by atoms with Crippen LogP contribution in [0.5, 0.6) is 0 Å². The Labute approximate surface area is 99.2 Å². The van der Waals surface area contributed by atoms with Crippen molar-refractivity contribution in [3.63, 3.8) is 0 Å². The summed E-state index contributed by atoms with van der Waals surface area (Å²) < 4.78 is 0. The first-order valence-electron chi connectivity index (χ1n) is 5.93. The topological polar surface area (TPSA) is 29.3 Å². The number of hydrogen-bond donors (Lipinski definition) is 1. The van der Waals surface area contributed by atoms with Gasteiger partial charge < -0.3 is 10.6 Å². The molecule has 88 valence electrons. The van der Waals surface area contributed by atoms with Crippen LogP contribution in [0, 0.1) is 5.41 Å². The molecule has 0 aliphatic heterocycles. The highest BCUT2D eigenvalue weighted by molar-refractivity contribution is 7.80. The fourth-order valence-corrected chi connectivity index (χ4v) is 2.01. The summed E-state index contributed by atoms with van der Waals surface area (Å²) in [6.07, 6.45) is 6.47. The summed E-state index contributed by atoms with van der Waals surface area (Å²) in [6.45, 7) is 5.45. The molecule has 0 spiro atoms. The molecule has 1 rings (SSSR count). The average Bonchev–Trinajstić information content (AvgIpc) is 1.99. The van der Waals surface area contributed by atoms with E-state index in [1.54, 1.807) is 0 Å². The predicted octanol–water partition coefficient (Wildman–Crippen LogP) is 2.56. The highest BCUT2D eigenvalue weighted by atomic mass is 32.1. The van der Waals surface area contributed by atoms with Gasteiger partial charge in [0.05, 0.1) is 4.99 Å². The second-order valence-corrected chi connectivity index (χ2v) is 5.86. The molecule has 0 heterocycles. The van der Waals surface area contributed by atoms with Crippen LogP contribution < -0.4 is 5.73 Å². The molecule has 0 aromatic carbocycles. The zero-order chi connectivity index (χ0) is 11.5. The lowest BCUT2D eigenvalue weighted by Gasteiger charge is -2.35. The maximum atomic E-state index is 5.70. The van der Waals surface area contributed by atoms with E-state index in [4.69, 9.17) is 18.0 Å². The number of nitrogens with two attached hydrogens (primary N) is 1. The van der Waals surface area contributed by atoms with Crippen molar-refractivity contribution in [2.24, 2.45) is 11.1 Å². The molecular weight excluding hydrogens is 204 g/mol. The van der Waals surface area contributed by atoms with Crippen LogP contribution in [0.15, 0.2) is 0 Å². The molecule has 0 saturated heterocycles. The van der Waals surface area contributed by atoms with Crippen LogP contribution in [0.2, 0.25) is 0 Å². The van der Waals surface area contributed by atoms with Gasteiger partial charge in [0.1, 0.15) is 0 Å². The largest absolute Gasteiger partial charge is 0.393 e. The normalized spacial score (nSPS) is 17.9. The summed E-state index contributed by atoms with van der Waals surface area (Å²) in [5, 5.41) is 0. The molecular formula is C12H24N2S. The molecule has 0 unspecified atom stereocenters. The molecule has 1 fully saturated rings. The molecule has 3 heteroatoms. The van der Waals surface area contributed by atoms with Gasteiger partial charge in [-0.3, -0.25) is 0 Å². The number of thiocarbonyl (C=S) groups is 1. The summed E-state index contributed by atoms with van der Waals surface area (Å²) in [5.74, 6) is 0. The fraction of sp³-hybridized carbons (Fsp3) is 0.917. The van der Waals surface area contributed by atoms with E-state index in [1.807, 2.05) is 0 Å². The standard InChI is InChI=1S/C12H24N2S/c1-12(2,11(13)15)8-5-9-14(3)10-6-4-7-10/h10H,4-9H2,1-3H3,(H2,13,15). The van der Waals surface area contributed by atoms with E-state index in [0.717, 1.165) is 12.5 Å². The van der Waals surface area contributed by atoms with E-state index in [0.29, 0.717) is 4.99 Å². The third kappa shape index (κ3) is 3.72. The van der Waals surface area contributed by atoms with E-state index < -0.39 is 0 Å². The van der Waals surface area contributed by atoms with Crippen molar-refractivity contribution in [1.82, 2.24) is 4.90 Å². The van der Waals surface area contributed by atoms with Crippen LogP contribution in [-0.2, 0) is 0 Å². The number of nitrogens with zero attached hydrogens (tertiary/aromatic N) is 1. The first-order chi connectivity index (χ1) is 6.93. The van der Waals surface area contributed by atoms with Crippen molar-refractivity contribution in [3.8, 4) is 0 Å². The lowest BCUT2D eigenvalue weighted by molar-refractivity contribution is 0.154. The van der Waals surface area contributed by atoms with Gasteiger partial charge in [0.2, 0.25) is 0 Å². The van der Waals surface area contributed by atoms with Gasteiger partial charge >= 0.3 is 0 Å². The summed E-state index contributed by atoms with van der Waals surface area (Å²) in [4.78, 5) is 3.13. The van der Waals surface area contributed by atoms with Gasteiger partial charge in [0, 0.05) is 11.5 Å². The highest BCUT2D eigenvalue weighted by Gasteiger charge is 2.24. The Bertz CT molecular complexity index is 222. The Morgan fingerprint density at radius 1 is 1.47 bits per heavy atom. The highest BCUT2D eigenvalue weighted by Crippen LogP contribution is 2.26. The summed E-state index contributed by atoms with van der Waals surface area (Å²) in [7, 11) is 2.23. The molecule has 15 heavy (non-hydrogen) atoms. The summed E-state index contributed by atoms with van der Waals surface area (Å²) in [5.41, 5.74) is 5.73. The maximum Gasteiger partial charge on any atom is 0.0784 e. The molecule has 1 saturated carbocycles. The summed E-state index contributed by atoms with van der Waals surface area (Å²) in [6, 6.07) is 0.845. The molecule has 0 amide bonds. The third-order valence-electron chi connectivity index (χ3n) is 3.68. The first-order valence-corrected chi connectivity index (χ1v) is 6.34. The van der Waals surface area contributed by atoms with Gasteiger partial charge in [-0.2, -0.15) is 0 Å². The minimum Gasteiger partial charge on any atom is -0.393 e. The Hall–Kier alpha value is -0.150. The van der Waals surface area contributed by atoms with Gasteiger partial charge in [0.25, 0.3) is 0 Å². The smallest absolute Gasteiger partial charge is 0.0784 e. The molecule has 2 nitrogen and oxygen atoms in total. The van der Waals surface area contributed by atoms with E-state index in [-0.39, 0.29) is 5.41 Å². The van der Waals surface area contributed by atoms with Gasteiger partial charge in [-0.05, 0) is 39.3 Å². The van der Waals surface area contributed by atoms with Crippen LogP contribution in [0.4, 0.5) is 0 Å². The third-order valence-corrected chi connectivity index (χ3v) is 4.23. The quantitative estimate of drug-likeness (QED) is 0.709. The Morgan fingerprint density at radius 2 is 2.07 bits per heavy atom. The van der Waals surface area contributed by atoms with E-state index >= 15 is 0 Å². The van der Waals surface area contributed by atoms with Crippen LogP contribution in [0.3, 0.4) is 0 Å². The van der Waals surface area contributed by atoms with Gasteiger partial charge in [-0.1, -0.05) is 32.5 Å². The molecule has 0 bridgehead atoms. The Balaban J connectivity index is 2.17. The zero-order valence-electron chi connectivity index (χ0n) is 10.3. The predicted molar refractivity (Wildman–Crippen MR) is 70.1 cm³/mol. The summed E-state index contributed by atoms with van der Waals surface area (Å²) >= 11 is 5.06. The van der Waals surface area contributed by atoms with Crippen molar-refractivity contribution >= 4 is 17.2 Å². The second kappa shape index (κ2) is 5.26. The monoisotopic (exact) mass is 228 g/mol. The molecule has 0 aromatic heterocycles. The Kier molecular flexibility index (Phi) is 4.53. The van der Waals surface area contributed by atoms with Crippen LogP contribution in [0.25, 0.3) is 0 Å². The number of hydrogen-bond acceptors (Lipinski definition) is 2. The van der Waals surface area contributed by atoms with Crippen molar-refractivity contribution in [1.29, 1.82) is 0 Å². The molecule has 2 N–H and O–H groups in total. The average molecular weight is 228 g/mol. The van der Waals surface area contributed by atoms with Crippen LogP contribution in [-0.4, -0.2) is 29.5 Å². The molecule has 1 aliphatic carbocycles. The Morgan fingerprint density at radius 3 is 2.47 bits per heavy atom. The zero-order valence-corrected chi connectivity index (χ0v) is 11.1. The van der Waals surface area contributed by atoms with Gasteiger partial charge in [-0.15, -0.1) is 0 Å². The van der Waals surface area contributed by atoms with E-state index in [2.05, 4.69) is 25.8 Å². The minimum absolute atomic E-state index is 0.0236. The number of rotatable bonds is 6. The molecule has 0 radical (unpaired) electrons. The van der Waals surface area contributed by atoms with E-state index in [9.17, 15) is 0 Å². The minimum atomic E-state index is 0.0236. The van der Waals surface area contributed by atoms with Crippen molar-refractivity contribution < 1.29 is 0 Å². The fourth-order valence-electron chi connectivity index (χ4n) is 1.90. The first kappa shape index (κ1) is 12.9. The lowest BCUT2D eigenvalue weighted by atomic mass is 9.87. The van der Waals surface area contributed by atoms with E-state index in [1.165, 1.54) is 32.2 Å². The second-order valence-electron chi connectivity index (χ2n) is 5.42. The van der Waals surface area contributed by atoms with Crippen LogP contribution >= 0.6 is 12.2 Å². The van der Waals surface area contributed by atoms with Gasteiger partial charge in [-0.25, -0.2) is 0 Å². The van der Waals surface area contributed by atoms with Crippen molar-refractivity contribution in [2.45, 2.75) is 52.0 Å².